The summed E-state index contributed by atoms with van der Waals surface area (Å²) in [5.41, 5.74) is -0.525. The number of halogens is 5. The van der Waals surface area contributed by atoms with Crippen molar-refractivity contribution in [2.75, 3.05) is 28.7 Å². The fraction of sp³-hybridized carbons (Fsp3) is 0.333. The summed E-state index contributed by atoms with van der Waals surface area (Å²) < 4.78 is 55.9. The number of hydrogen-bond acceptors (Lipinski definition) is 5. The molecule has 0 aliphatic carbocycles. The SMILES string of the molecule is Cc1cc(C(F)(F)F)cc(N2C[C@@H](C(=O)Nc3cn(C)cn3)C[C@H]2C(=O)N(C)c2ccc(F)c(Cl)c2)n1. The number of likely N-dealkylation sites (N-methyl/N-ethyl adjacent to an activating group) is 1. The van der Waals surface area contributed by atoms with Crippen molar-refractivity contribution in [1.29, 1.82) is 0 Å². The predicted molar refractivity (Wildman–Crippen MR) is 130 cm³/mol. The Hall–Kier alpha value is -3.67. The van der Waals surface area contributed by atoms with Crippen LogP contribution in [0.5, 0.6) is 0 Å². The van der Waals surface area contributed by atoms with Crippen molar-refractivity contribution in [2.45, 2.75) is 25.6 Å². The van der Waals surface area contributed by atoms with Gasteiger partial charge in [-0.25, -0.2) is 14.4 Å². The molecule has 37 heavy (non-hydrogen) atoms. The highest BCUT2D eigenvalue weighted by atomic mass is 35.5. The van der Waals surface area contributed by atoms with Crippen molar-refractivity contribution < 1.29 is 27.2 Å². The van der Waals surface area contributed by atoms with Crippen LogP contribution in [0.2, 0.25) is 5.02 Å². The summed E-state index contributed by atoms with van der Waals surface area (Å²) in [6.45, 7) is 1.37. The Morgan fingerprint density at radius 1 is 1.22 bits per heavy atom. The van der Waals surface area contributed by atoms with Crippen LogP contribution in [-0.4, -0.2) is 46.0 Å². The standard InChI is InChI=1S/C24H23ClF4N6O2/c1-13-6-15(24(27,28)29)8-21(31-13)35-10-14(22(36)32-20-11-33(2)12-30-20)7-19(35)23(37)34(3)16-4-5-18(26)17(25)9-16/h4-6,8-9,11-12,14,19H,7,10H2,1-3H3,(H,32,36)/t14-,19-/m0/s1. The van der Waals surface area contributed by atoms with Crippen LogP contribution < -0.4 is 15.1 Å². The Morgan fingerprint density at radius 3 is 2.57 bits per heavy atom. The second kappa shape index (κ2) is 10.0. The first-order chi connectivity index (χ1) is 17.3. The summed E-state index contributed by atoms with van der Waals surface area (Å²) in [5, 5.41) is 2.48. The lowest BCUT2D eigenvalue weighted by molar-refractivity contribution is -0.137. The molecule has 1 aromatic carbocycles. The molecule has 196 valence electrons. The van der Waals surface area contributed by atoms with Gasteiger partial charge in [0.25, 0.3) is 0 Å². The fourth-order valence-corrected chi connectivity index (χ4v) is 4.40. The molecular formula is C24H23ClF4N6O2. The highest BCUT2D eigenvalue weighted by Crippen LogP contribution is 2.36. The predicted octanol–water partition coefficient (Wildman–Crippen LogP) is 4.43. The summed E-state index contributed by atoms with van der Waals surface area (Å²) >= 11 is 5.87. The van der Waals surface area contributed by atoms with Crippen molar-refractivity contribution in [3.8, 4) is 0 Å². The molecule has 3 aromatic rings. The molecule has 1 fully saturated rings. The Kier molecular flexibility index (Phi) is 7.13. The van der Waals surface area contributed by atoms with Crippen molar-refractivity contribution in [1.82, 2.24) is 14.5 Å². The van der Waals surface area contributed by atoms with E-state index < -0.39 is 41.3 Å². The highest BCUT2D eigenvalue weighted by Gasteiger charge is 2.43. The zero-order valence-electron chi connectivity index (χ0n) is 20.1. The van der Waals surface area contributed by atoms with E-state index in [1.807, 2.05) is 0 Å². The molecule has 1 N–H and O–H groups in total. The third kappa shape index (κ3) is 5.68. The summed E-state index contributed by atoms with van der Waals surface area (Å²) in [7, 11) is 3.17. The maximum absolute atomic E-state index is 13.6. The van der Waals surface area contributed by atoms with Crippen LogP contribution >= 0.6 is 11.6 Å². The molecule has 1 aliphatic rings. The topological polar surface area (TPSA) is 83.4 Å². The number of rotatable bonds is 5. The number of aromatic nitrogens is 3. The van der Waals surface area contributed by atoms with Gasteiger partial charge in [-0.15, -0.1) is 0 Å². The normalized spacial score (nSPS) is 17.7. The third-order valence-corrected chi connectivity index (χ3v) is 6.39. The van der Waals surface area contributed by atoms with E-state index in [1.54, 1.807) is 17.8 Å². The number of carbonyl (C=O) groups is 2. The molecule has 0 saturated carbocycles. The number of imidazole rings is 1. The van der Waals surface area contributed by atoms with Crippen LogP contribution in [-0.2, 0) is 22.8 Å². The molecule has 0 radical (unpaired) electrons. The largest absolute Gasteiger partial charge is 0.416 e. The molecule has 0 bridgehead atoms. The third-order valence-electron chi connectivity index (χ3n) is 6.10. The van der Waals surface area contributed by atoms with Gasteiger partial charge in [-0.2, -0.15) is 13.2 Å². The van der Waals surface area contributed by atoms with E-state index in [9.17, 15) is 27.2 Å². The molecule has 0 unspecified atom stereocenters. The minimum atomic E-state index is -4.63. The van der Waals surface area contributed by atoms with Crippen LogP contribution in [0.3, 0.4) is 0 Å². The second-order valence-electron chi connectivity index (χ2n) is 8.86. The molecule has 1 saturated heterocycles. The number of carbonyl (C=O) groups excluding carboxylic acids is 2. The maximum atomic E-state index is 13.6. The number of nitrogens with zero attached hydrogens (tertiary/aromatic N) is 5. The smallest absolute Gasteiger partial charge is 0.344 e. The lowest BCUT2D eigenvalue weighted by Crippen LogP contribution is -2.44. The zero-order chi connectivity index (χ0) is 27.1. The lowest BCUT2D eigenvalue weighted by atomic mass is 10.0. The van der Waals surface area contributed by atoms with E-state index >= 15 is 0 Å². The molecule has 2 atom stereocenters. The van der Waals surface area contributed by atoms with E-state index in [-0.39, 0.29) is 35.2 Å². The molecule has 4 rings (SSSR count). The molecule has 2 aromatic heterocycles. The van der Waals surface area contributed by atoms with Gasteiger partial charge in [0.15, 0.2) is 5.82 Å². The number of aryl methyl sites for hydroxylation is 2. The summed E-state index contributed by atoms with van der Waals surface area (Å²) in [6.07, 6.45) is -1.52. The molecular weight excluding hydrogens is 516 g/mol. The van der Waals surface area contributed by atoms with Gasteiger partial charge < -0.3 is 19.7 Å². The average Bonchev–Trinajstić information content (AvgIpc) is 3.45. The average molecular weight is 539 g/mol. The van der Waals surface area contributed by atoms with Crippen molar-refractivity contribution >= 4 is 40.7 Å². The molecule has 2 amide bonds. The Balaban J connectivity index is 1.68. The number of anilines is 3. The van der Waals surface area contributed by atoms with Gasteiger partial charge in [-0.1, -0.05) is 11.6 Å². The summed E-state index contributed by atoms with van der Waals surface area (Å²) in [4.78, 5) is 37.5. The maximum Gasteiger partial charge on any atom is 0.416 e. The first-order valence-electron chi connectivity index (χ1n) is 11.2. The van der Waals surface area contributed by atoms with Gasteiger partial charge in [0.05, 0.1) is 22.8 Å². The van der Waals surface area contributed by atoms with E-state index in [0.29, 0.717) is 5.82 Å². The van der Waals surface area contributed by atoms with Gasteiger partial charge in [0.2, 0.25) is 11.8 Å². The van der Waals surface area contributed by atoms with Crippen LogP contribution in [0.15, 0.2) is 42.9 Å². The molecule has 0 spiro atoms. The van der Waals surface area contributed by atoms with Crippen molar-refractivity contribution in [2.24, 2.45) is 13.0 Å². The summed E-state index contributed by atoms with van der Waals surface area (Å²) in [6, 6.07) is 4.48. The van der Waals surface area contributed by atoms with Crippen LogP contribution in [0.1, 0.15) is 17.7 Å². The van der Waals surface area contributed by atoms with Crippen LogP contribution in [0, 0.1) is 18.7 Å². The van der Waals surface area contributed by atoms with E-state index in [4.69, 9.17) is 11.6 Å². The minimum absolute atomic E-state index is 0.00768. The van der Waals surface area contributed by atoms with Gasteiger partial charge in [-0.05, 0) is 43.7 Å². The Labute approximate surface area is 214 Å². The van der Waals surface area contributed by atoms with Crippen molar-refractivity contribution in [3.05, 3.63) is 65.0 Å². The quantitative estimate of drug-likeness (QED) is 0.486. The van der Waals surface area contributed by atoms with Gasteiger partial charge in [0, 0.05) is 38.2 Å². The van der Waals surface area contributed by atoms with Gasteiger partial charge in [0.1, 0.15) is 17.7 Å². The minimum Gasteiger partial charge on any atom is -0.344 e. The first kappa shape index (κ1) is 26.4. The van der Waals surface area contributed by atoms with Crippen LogP contribution in [0.25, 0.3) is 0 Å². The molecule has 8 nitrogen and oxygen atoms in total. The van der Waals surface area contributed by atoms with E-state index in [0.717, 1.165) is 18.2 Å². The van der Waals surface area contributed by atoms with Gasteiger partial charge in [-0.3, -0.25) is 9.59 Å². The number of amides is 2. The molecule has 1 aliphatic heterocycles. The number of pyridine rings is 1. The molecule has 3 heterocycles. The Bertz CT molecular complexity index is 1350. The van der Waals surface area contributed by atoms with Gasteiger partial charge >= 0.3 is 6.18 Å². The lowest BCUT2D eigenvalue weighted by Gasteiger charge is -2.29. The van der Waals surface area contributed by atoms with Crippen LogP contribution in [0.4, 0.5) is 34.9 Å². The highest BCUT2D eigenvalue weighted by molar-refractivity contribution is 6.31. The first-order valence-corrected chi connectivity index (χ1v) is 11.5. The number of nitrogens with one attached hydrogen (secondary N) is 1. The summed E-state index contributed by atoms with van der Waals surface area (Å²) in [5.74, 6) is -2.14. The Morgan fingerprint density at radius 2 is 1.95 bits per heavy atom. The number of hydrogen-bond donors (Lipinski definition) is 1. The number of benzene rings is 1. The van der Waals surface area contributed by atoms with E-state index in [2.05, 4.69) is 15.3 Å². The molecule has 13 heteroatoms. The zero-order valence-corrected chi connectivity index (χ0v) is 20.8. The fourth-order valence-electron chi connectivity index (χ4n) is 4.23. The number of alkyl halides is 3. The van der Waals surface area contributed by atoms with E-state index in [1.165, 1.54) is 42.2 Å². The monoisotopic (exact) mass is 538 g/mol. The van der Waals surface area contributed by atoms with Crippen molar-refractivity contribution in [3.63, 3.8) is 0 Å². The second-order valence-corrected chi connectivity index (χ2v) is 9.27.